The second kappa shape index (κ2) is 6.05. The first kappa shape index (κ1) is 13.9. The van der Waals surface area contributed by atoms with Gasteiger partial charge in [-0.25, -0.2) is 0 Å². The van der Waals surface area contributed by atoms with Crippen molar-refractivity contribution >= 4 is 5.91 Å². The van der Waals surface area contributed by atoms with Gasteiger partial charge in [0.25, 0.3) is 0 Å². The minimum absolute atomic E-state index is 0.0544. The van der Waals surface area contributed by atoms with E-state index < -0.39 is 0 Å². The lowest BCUT2D eigenvalue weighted by molar-refractivity contribution is -0.123. The molecular weight excluding hydrogens is 224 g/mol. The Bertz CT molecular complexity index is 292. The summed E-state index contributed by atoms with van der Waals surface area (Å²) < 4.78 is 0. The number of rotatable bonds is 6. The number of fused-ring (bicyclic) bond motifs is 2. The number of amides is 1. The van der Waals surface area contributed by atoms with Gasteiger partial charge < -0.3 is 11.1 Å². The van der Waals surface area contributed by atoms with Crippen LogP contribution >= 0.6 is 0 Å². The van der Waals surface area contributed by atoms with Crippen LogP contribution in [0.15, 0.2) is 0 Å². The first-order valence-corrected chi connectivity index (χ1v) is 7.67. The maximum Gasteiger partial charge on any atom is 0.237 e. The van der Waals surface area contributed by atoms with Gasteiger partial charge in [-0.3, -0.25) is 4.79 Å². The van der Waals surface area contributed by atoms with Crippen LogP contribution in [-0.2, 0) is 4.79 Å². The van der Waals surface area contributed by atoms with Gasteiger partial charge in [0.05, 0.1) is 6.04 Å². The molecule has 0 heterocycles. The van der Waals surface area contributed by atoms with E-state index in [1.807, 2.05) is 0 Å². The molecule has 18 heavy (non-hydrogen) atoms. The van der Waals surface area contributed by atoms with Gasteiger partial charge in [-0.2, -0.15) is 0 Å². The standard InChI is InChI=1S/C15H28N2O/c1-3-4-5-14(16)15(18)17-10(2)13-9-11-6-7-12(13)8-11/h10-14H,3-9,16H2,1-2H3,(H,17,18). The molecule has 3 heteroatoms. The summed E-state index contributed by atoms with van der Waals surface area (Å²) in [5.41, 5.74) is 5.91. The van der Waals surface area contributed by atoms with Gasteiger partial charge in [-0.15, -0.1) is 0 Å². The molecule has 0 aromatic carbocycles. The van der Waals surface area contributed by atoms with E-state index in [1.54, 1.807) is 0 Å². The number of hydrogen-bond donors (Lipinski definition) is 2. The quantitative estimate of drug-likeness (QED) is 0.763. The van der Waals surface area contributed by atoms with Gasteiger partial charge in [0, 0.05) is 6.04 Å². The van der Waals surface area contributed by atoms with Crippen molar-refractivity contribution in [1.82, 2.24) is 5.32 Å². The fourth-order valence-electron chi connectivity index (χ4n) is 3.90. The van der Waals surface area contributed by atoms with Crippen LogP contribution < -0.4 is 11.1 Å². The van der Waals surface area contributed by atoms with Gasteiger partial charge in [0.15, 0.2) is 0 Å². The van der Waals surface area contributed by atoms with Crippen LogP contribution in [0.4, 0.5) is 0 Å². The van der Waals surface area contributed by atoms with Crippen LogP contribution in [0.5, 0.6) is 0 Å². The van der Waals surface area contributed by atoms with E-state index in [2.05, 4.69) is 19.2 Å². The molecule has 0 aromatic heterocycles. The van der Waals surface area contributed by atoms with E-state index >= 15 is 0 Å². The molecule has 3 N–H and O–H groups in total. The Hall–Kier alpha value is -0.570. The molecule has 0 aromatic rings. The highest BCUT2D eigenvalue weighted by Gasteiger charge is 2.42. The summed E-state index contributed by atoms with van der Waals surface area (Å²) in [6, 6.07) is -0.00790. The maximum atomic E-state index is 12.0. The number of hydrogen-bond acceptors (Lipinski definition) is 2. The van der Waals surface area contributed by atoms with Crippen LogP contribution in [0.25, 0.3) is 0 Å². The second-order valence-corrected chi connectivity index (χ2v) is 6.38. The molecule has 2 rings (SSSR count). The van der Waals surface area contributed by atoms with Crippen molar-refractivity contribution in [3.63, 3.8) is 0 Å². The number of carbonyl (C=O) groups excluding carboxylic acids is 1. The zero-order valence-corrected chi connectivity index (χ0v) is 11.8. The lowest BCUT2D eigenvalue weighted by Gasteiger charge is -2.29. The Morgan fingerprint density at radius 3 is 2.72 bits per heavy atom. The Balaban J connectivity index is 1.76. The molecule has 0 radical (unpaired) electrons. The Morgan fingerprint density at radius 1 is 1.39 bits per heavy atom. The zero-order chi connectivity index (χ0) is 13.1. The van der Waals surface area contributed by atoms with Gasteiger partial charge in [-0.1, -0.05) is 26.2 Å². The van der Waals surface area contributed by atoms with Crippen molar-refractivity contribution in [2.45, 2.75) is 70.9 Å². The average Bonchev–Trinajstić information content (AvgIpc) is 2.97. The summed E-state index contributed by atoms with van der Waals surface area (Å²) in [4.78, 5) is 12.0. The third-order valence-electron chi connectivity index (χ3n) is 5.01. The zero-order valence-electron chi connectivity index (χ0n) is 11.8. The lowest BCUT2D eigenvalue weighted by atomic mass is 9.84. The molecule has 5 unspecified atom stereocenters. The van der Waals surface area contributed by atoms with E-state index in [9.17, 15) is 4.79 Å². The fourth-order valence-corrected chi connectivity index (χ4v) is 3.90. The molecule has 0 aliphatic heterocycles. The highest BCUT2D eigenvalue weighted by atomic mass is 16.2. The summed E-state index contributed by atoms with van der Waals surface area (Å²) in [7, 11) is 0. The molecule has 5 atom stereocenters. The Morgan fingerprint density at radius 2 is 2.17 bits per heavy atom. The first-order valence-electron chi connectivity index (χ1n) is 7.67. The summed E-state index contributed by atoms with van der Waals surface area (Å²) in [5, 5.41) is 3.15. The maximum absolute atomic E-state index is 12.0. The van der Waals surface area contributed by atoms with Crippen molar-refractivity contribution in [3.05, 3.63) is 0 Å². The SMILES string of the molecule is CCCCC(N)C(=O)NC(C)C1CC2CCC1C2. The molecule has 0 spiro atoms. The highest BCUT2D eigenvalue weighted by Crippen LogP contribution is 2.49. The van der Waals surface area contributed by atoms with Crippen LogP contribution in [0, 0.1) is 17.8 Å². The molecule has 2 aliphatic carbocycles. The van der Waals surface area contributed by atoms with Crippen molar-refractivity contribution in [1.29, 1.82) is 0 Å². The lowest BCUT2D eigenvalue weighted by Crippen LogP contribution is -2.47. The van der Waals surface area contributed by atoms with E-state index in [4.69, 9.17) is 5.73 Å². The molecule has 104 valence electrons. The highest BCUT2D eigenvalue weighted by molar-refractivity contribution is 5.81. The van der Waals surface area contributed by atoms with E-state index in [0.717, 1.165) is 31.1 Å². The van der Waals surface area contributed by atoms with E-state index in [-0.39, 0.29) is 11.9 Å². The second-order valence-electron chi connectivity index (χ2n) is 6.38. The fraction of sp³-hybridized carbons (Fsp3) is 0.933. The van der Waals surface area contributed by atoms with Crippen molar-refractivity contribution in [2.24, 2.45) is 23.5 Å². The molecule has 2 bridgehead atoms. The minimum atomic E-state index is -0.314. The van der Waals surface area contributed by atoms with E-state index in [1.165, 1.54) is 25.7 Å². The Labute approximate surface area is 111 Å². The summed E-state index contributed by atoms with van der Waals surface area (Å²) in [6.07, 6.45) is 8.45. The molecule has 0 saturated heterocycles. The molecule has 1 amide bonds. The minimum Gasteiger partial charge on any atom is -0.352 e. The average molecular weight is 252 g/mol. The van der Waals surface area contributed by atoms with Gasteiger partial charge >= 0.3 is 0 Å². The monoisotopic (exact) mass is 252 g/mol. The summed E-state index contributed by atoms with van der Waals surface area (Å²) in [6.45, 7) is 4.29. The first-order chi connectivity index (χ1) is 8.61. The molecular formula is C15H28N2O. The predicted molar refractivity (Wildman–Crippen MR) is 74.0 cm³/mol. The van der Waals surface area contributed by atoms with Gasteiger partial charge in [0.1, 0.15) is 0 Å². The number of nitrogens with one attached hydrogen (secondary N) is 1. The number of nitrogens with two attached hydrogens (primary N) is 1. The van der Waals surface area contributed by atoms with Crippen LogP contribution in [-0.4, -0.2) is 18.0 Å². The molecule has 2 aliphatic rings. The van der Waals surface area contributed by atoms with Crippen molar-refractivity contribution < 1.29 is 4.79 Å². The van der Waals surface area contributed by atoms with Crippen LogP contribution in [0.1, 0.15) is 58.8 Å². The molecule has 2 saturated carbocycles. The largest absolute Gasteiger partial charge is 0.352 e. The van der Waals surface area contributed by atoms with Gasteiger partial charge in [-0.05, 0) is 50.4 Å². The van der Waals surface area contributed by atoms with Crippen molar-refractivity contribution in [2.75, 3.05) is 0 Å². The predicted octanol–water partition coefficient (Wildman–Crippen LogP) is 2.44. The third-order valence-corrected chi connectivity index (χ3v) is 5.01. The van der Waals surface area contributed by atoms with Crippen LogP contribution in [0.2, 0.25) is 0 Å². The van der Waals surface area contributed by atoms with Crippen molar-refractivity contribution in [3.8, 4) is 0 Å². The van der Waals surface area contributed by atoms with Crippen LogP contribution in [0.3, 0.4) is 0 Å². The topological polar surface area (TPSA) is 55.1 Å². The van der Waals surface area contributed by atoms with E-state index in [0.29, 0.717) is 12.0 Å². The van der Waals surface area contributed by atoms with Gasteiger partial charge in [0.2, 0.25) is 5.91 Å². The smallest absolute Gasteiger partial charge is 0.237 e. The number of unbranched alkanes of at least 4 members (excludes halogenated alkanes) is 1. The molecule has 3 nitrogen and oxygen atoms in total. The normalized spacial score (nSPS) is 33.4. The Kier molecular flexibility index (Phi) is 4.66. The summed E-state index contributed by atoms with van der Waals surface area (Å²) >= 11 is 0. The molecule has 2 fully saturated rings. The third kappa shape index (κ3) is 3.05. The summed E-state index contributed by atoms with van der Waals surface area (Å²) in [5.74, 6) is 2.55. The number of carbonyl (C=O) groups is 1.